The Balaban J connectivity index is 1.73. The molecule has 3 rings (SSSR count). The Kier molecular flexibility index (Phi) is 7.09. The van der Waals surface area contributed by atoms with Crippen LogP contribution in [-0.2, 0) is 10.0 Å². The highest BCUT2D eigenvalue weighted by Gasteiger charge is 2.24. The summed E-state index contributed by atoms with van der Waals surface area (Å²) in [5.41, 5.74) is 2.36. The van der Waals surface area contributed by atoms with Crippen molar-refractivity contribution in [3.8, 4) is 0 Å². The summed E-state index contributed by atoms with van der Waals surface area (Å²) in [4.78, 5) is 2.78. The highest BCUT2D eigenvalue weighted by Crippen LogP contribution is 2.26. The summed E-state index contributed by atoms with van der Waals surface area (Å²) >= 11 is 1.67. The molecule has 6 heteroatoms. The zero-order valence-electron chi connectivity index (χ0n) is 16.2. The number of nitrogens with zero attached hydrogens (tertiary/aromatic N) is 1. The molecule has 2 aromatic rings. The monoisotopic (exact) mass is 406 g/mol. The third kappa shape index (κ3) is 5.41. The van der Waals surface area contributed by atoms with Gasteiger partial charge in [-0.15, -0.1) is 0 Å². The van der Waals surface area contributed by atoms with E-state index in [9.17, 15) is 8.42 Å². The van der Waals surface area contributed by atoms with Crippen LogP contribution in [-0.4, -0.2) is 33.0 Å². The topological polar surface area (TPSA) is 49.4 Å². The minimum Gasteiger partial charge on any atom is -0.295 e. The molecular formula is C21H30N2O2S2. The molecule has 2 heterocycles. The summed E-state index contributed by atoms with van der Waals surface area (Å²) in [5, 5.41) is 4.21. The molecule has 1 aromatic heterocycles. The van der Waals surface area contributed by atoms with Crippen LogP contribution in [0.1, 0.15) is 62.6 Å². The first-order chi connectivity index (χ1) is 13.0. The smallest absolute Gasteiger partial charge is 0.240 e. The highest BCUT2D eigenvalue weighted by atomic mass is 32.2. The lowest BCUT2D eigenvalue weighted by atomic mass is 10.0. The van der Waals surface area contributed by atoms with E-state index in [0.29, 0.717) is 17.4 Å². The molecule has 1 fully saturated rings. The van der Waals surface area contributed by atoms with Gasteiger partial charge in [-0.2, -0.15) is 11.3 Å². The summed E-state index contributed by atoms with van der Waals surface area (Å²) in [6.07, 6.45) is 4.90. The molecule has 1 aromatic carbocycles. The van der Waals surface area contributed by atoms with Gasteiger partial charge in [-0.1, -0.05) is 38.8 Å². The molecule has 0 unspecified atom stereocenters. The third-order valence-electron chi connectivity index (χ3n) is 5.33. The Bertz CT molecular complexity index is 791. The van der Waals surface area contributed by atoms with E-state index in [1.807, 2.05) is 12.1 Å². The molecule has 1 saturated heterocycles. The molecule has 0 radical (unpaired) electrons. The average Bonchev–Trinajstić information content (AvgIpc) is 3.05. The van der Waals surface area contributed by atoms with Crippen LogP contribution in [0.15, 0.2) is 46.0 Å². The summed E-state index contributed by atoms with van der Waals surface area (Å²) in [7, 11) is -3.51. The van der Waals surface area contributed by atoms with Gasteiger partial charge in [-0.25, -0.2) is 13.1 Å². The number of rotatable bonds is 7. The van der Waals surface area contributed by atoms with Crippen LogP contribution in [0, 0.1) is 0 Å². The molecule has 0 saturated carbocycles. The van der Waals surface area contributed by atoms with Gasteiger partial charge in [0.05, 0.1) is 4.90 Å². The average molecular weight is 407 g/mol. The van der Waals surface area contributed by atoms with Gasteiger partial charge < -0.3 is 0 Å². The third-order valence-corrected chi connectivity index (χ3v) is 7.47. The van der Waals surface area contributed by atoms with Crippen LogP contribution in [0.25, 0.3) is 0 Å². The van der Waals surface area contributed by atoms with E-state index in [0.717, 1.165) is 18.7 Å². The second-order valence-electron chi connectivity index (χ2n) is 7.60. The number of sulfonamides is 1. The lowest BCUT2D eigenvalue weighted by molar-refractivity contribution is 0.206. The van der Waals surface area contributed by atoms with Gasteiger partial charge in [0.25, 0.3) is 0 Å². The fraction of sp³-hybridized carbons (Fsp3) is 0.524. The highest BCUT2D eigenvalue weighted by molar-refractivity contribution is 7.89. The Morgan fingerprint density at radius 2 is 1.67 bits per heavy atom. The Labute approximate surface area is 167 Å². The molecular weight excluding hydrogens is 376 g/mol. The van der Waals surface area contributed by atoms with Gasteiger partial charge in [0, 0.05) is 12.6 Å². The maximum atomic E-state index is 12.8. The van der Waals surface area contributed by atoms with Crippen molar-refractivity contribution >= 4 is 21.4 Å². The predicted octanol–water partition coefficient (Wildman–Crippen LogP) is 4.77. The first-order valence-corrected chi connectivity index (χ1v) is 12.3. The second kappa shape index (κ2) is 9.32. The van der Waals surface area contributed by atoms with Crippen molar-refractivity contribution in [2.24, 2.45) is 0 Å². The van der Waals surface area contributed by atoms with Crippen molar-refractivity contribution in [3.05, 3.63) is 52.2 Å². The lowest BCUT2D eigenvalue weighted by Gasteiger charge is -2.30. The predicted molar refractivity (Wildman–Crippen MR) is 113 cm³/mol. The zero-order valence-corrected chi connectivity index (χ0v) is 17.9. The van der Waals surface area contributed by atoms with Crippen molar-refractivity contribution in [3.63, 3.8) is 0 Å². The first-order valence-electron chi connectivity index (χ1n) is 9.83. The molecule has 1 aliphatic heterocycles. The second-order valence-corrected chi connectivity index (χ2v) is 10.1. The largest absolute Gasteiger partial charge is 0.295 e. The van der Waals surface area contributed by atoms with E-state index in [1.54, 1.807) is 23.5 Å². The van der Waals surface area contributed by atoms with Gasteiger partial charge in [0.2, 0.25) is 10.0 Å². The van der Waals surface area contributed by atoms with E-state index in [-0.39, 0.29) is 6.04 Å². The van der Waals surface area contributed by atoms with E-state index < -0.39 is 10.0 Å². The van der Waals surface area contributed by atoms with Crippen LogP contribution in [0.2, 0.25) is 0 Å². The number of nitrogens with one attached hydrogen (secondary N) is 1. The van der Waals surface area contributed by atoms with E-state index in [2.05, 4.69) is 40.3 Å². The molecule has 4 nitrogen and oxygen atoms in total. The quantitative estimate of drug-likeness (QED) is 0.721. The maximum Gasteiger partial charge on any atom is 0.240 e. The van der Waals surface area contributed by atoms with Crippen molar-refractivity contribution in [2.45, 2.75) is 56.4 Å². The van der Waals surface area contributed by atoms with Crippen molar-refractivity contribution < 1.29 is 8.42 Å². The van der Waals surface area contributed by atoms with Crippen molar-refractivity contribution in [1.29, 1.82) is 0 Å². The van der Waals surface area contributed by atoms with E-state index >= 15 is 0 Å². The maximum absolute atomic E-state index is 12.8. The van der Waals surface area contributed by atoms with Gasteiger partial charge in [0.15, 0.2) is 0 Å². The Morgan fingerprint density at radius 1 is 1.00 bits per heavy atom. The number of thiophene rings is 1. The molecule has 148 valence electrons. The first kappa shape index (κ1) is 20.5. The fourth-order valence-electron chi connectivity index (χ4n) is 3.63. The van der Waals surface area contributed by atoms with Crippen LogP contribution < -0.4 is 4.72 Å². The molecule has 0 amide bonds. The number of hydrogen-bond acceptors (Lipinski definition) is 4. The molecule has 0 bridgehead atoms. The van der Waals surface area contributed by atoms with Crippen LogP contribution in [0.4, 0.5) is 0 Å². The molecule has 27 heavy (non-hydrogen) atoms. The van der Waals surface area contributed by atoms with Gasteiger partial charge in [-0.05, 0) is 71.9 Å². The number of likely N-dealkylation sites (tertiary alicyclic amines) is 1. The lowest BCUT2D eigenvalue weighted by Crippen LogP contribution is -2.38. The normalized spacial score (nSPS) is 17.7. The number of hydrogen-bond donors (Lipinski definition) is 1. The van der Waals surface area contributed by atoms with Crippen LogP contribution in [0.5, 0.6) is 0 Å². The van der Waals surface area contributed by atoms with E-state index in [4.69, 9.17) is 0 Å². The van der Waals surface area contributed by atoms with Crippen molar-refractivity contribution in [1.82, 2.24) is 9.62 Å². The van der Waals surface area contributed by atoms with Crippen molar-refractivity contribution in [2.75, 3.05) is 19.6 Å². The molecule has 1 atom stereocenters. The van der Waals surface area contributed by atoms with E-state index in [1.165, 1.54) is 31.2 Å². The summed E-state index contributed by atoms with van der Waals surface area (Å²) in [5.74, 6) is 0.390. The van der Waals surface area contributed by atoms with Gasteiger partial charge in [0.1, 0.15) is 0 Å². The van der Waals surface area contributed by atoms with Gasteiger partial charge in [-0.3, -0.25) is 4.90 Å². The summed E-state index contributed by atoms with van der Waals surface area (Å²) in [6, 6.07) is 9.45. The Morgan fingerprint density at radius 3 is 2.22 bits per heavy atom. The SMILES string of the molecule is CC(C)c1ccc(S(=O)(=O)NC[C@@H](c2ccsc2)N2CCCCCC2)cc1. The standard InChI is InChI=1S/C21H30N2O2S2/c1-17(2)18-7-9-20(10-8-18)27(24,25)22-15-21(19-11-14-26-16-19)23-12-5-3-4-6-13-23/h7-11,14,16-17,21-22H,3-6,12-13,15H2,1-2H3/t21-/m0/s1. The minimum absolute atomic E-state index is 0.0964. The van der Waals surface area contributed by atoms with Crippen LogP contribution in [0.3, 0.4) is 0 Å². The van der Waals surface area contributed by atoms with Crippen LogP contribution >= 0.6 is 11.3 Å². The minimum atomic E-state index is -3.51. The molecule has 0 aliphatic carbocycles. The summed E-state index contributed by atoms with van der Waals surface area (Å²) in [6.45, 7) is 6.68. The molecule has 0 spiro atoms. The Hall–Kier alpha value is -1.21. The summed E-state index contributed by atoms with van der Waals surface area (Å²) < 4.78 is 28.5. The fourth-order valence-corrected chi connectivity index (χ4v) is 5.38. The molecule has 1 N–H and O–H groups in total. The molecule has 1 aliphatic rings. The number of benzene rings is 1. The van der Waals surface area contributed by atoms with Gasteiger partial charge >= 0.3 is 0 Å². The zero-order chi connectivity index (χ0) is 19.3.